The van der Waals surface area contributed by atoms with Gasteiger partial charge in [-0.15, -0.1) is 0 Å². The Hall–Kier alpha value is -1.62. The van der Waals surface area contributed by atoms with Crippen LogP contribution in [0.2, 0.25) is 0 Å². The summed E-state index contributed by atoms with van der Waals surface area (Å²) in [6, 6.07) is 1.86. The topological polar surface area (TPSA) is 74.0 Å². The van der Waals surface area contributed by atoms with Gasteiger partial charge in [0, 0.05) is 31.0 Å². The van der Waals surface area contributed by atoms with Gasteiger partial charge in [0.1, 0.15) is 5.56 Å². The van der Waals surface area contributed by atoms with E-state index in [-0.39, 0.29) is 16.9 Å². The van der Waals surface area contributed by atoms with Crippen molar-refractivity contribution in [1.29, 1.82) is 0 Å². The molecule has 0 aliphatic carbocycles. The van der Waals surface area contributed by atoms with Crippen molar-refractivity contribution in [3.05, 3.63) is 34.2 Å². The van der Waals surface area contributed by atoms with Crippen LogP contribution in [0.1, 0.15) is 29.6 Å². The molecule has 0 spiro atoms. The van der Waals surface area contributed by atoms with E-state index < -0.39 is 0 Å². The minimum Gasteiger partial charge on any atom is -0.367 e. The van der Waals surface area contributed by atoms with Crippen LogP contribution in [0.5, 0.6) is 0 Å². The van der Waals surface area contributed by atoms with E-state index in [4.69, 9.17) is 0 Å². The van der Waals surface area contributed by atoms with Crippen LogP contribution < -0.4 is 16.1 Å². The fourth-order valence-corrected chi connectivity index (χ4v) is 2.05. The van der Waals surface area contributed by atoms with Crippen molar-refractivity contribution in [2.75, 3.05) is 13.1 Å². The number of amides is 1. The van der Waals surface area contributed by atoms with Crippen molar-refractivity contribution >= 4 is 5.91 Å². The lowest BCUT2D eigenvalue weighted by Crippen LogP contribution is -2.32. The molecule has 1 aliphatic rings. The molecule has 92 valence electrons. The summed E-state index contributed by atoms with van der Waals surface area (Å²) >= 11 is 0. The highest BCUT2D eigenvalue weighted by Gasteiger charge is 2.14. The molecule has 0 bridgehead atoms. The first-order valence-corrected chi connectivity index (χ1v) is 5.96. The number of carbonyl (C=O) groups excluding carboxylic acids is 1. The first kappa shape index (κ1) is 11.9. The molecule has 1 atom stereocenters. The molecule has 5 heteroatoms. The van der Waals surface area contributed by atoms with E-state index in [9.17, 15) is 9.59 Å². The maximum atomic E-state index is 11.7. The first-order chi connectivity index (χ1) is 8.27. The Labute approximate surface area is 99.6 Å². The summed E-state index contributed by atoms with van der Waals surface area (Å²) in [5.41, 5.74) is -0.0767. The summed E-state index contributed by atoms with van der Waals surface area (Å²) in [5.74, 6) is -0.301. The molecule has 3 N–H and O–H groups in total. The van der Waals surface area contributed by atoms with Crippen molar-refractivity contribution < 1.29 is 4.79 Å². The lowest BCUT2D eigenvalue weighted by molar-refractivity contribution is 0.0951. The highest BCUT2D eigenvalue weighted by Crippen LogP contribution is 2.07. The van der Waals surface area contributed by atoms with Crippen molar-refractivity contribution in [3.8, 4) is 0 Å². The second-order valence-electron chi connectivity index (χ2n) is 4.26. The zero-order valence-electron chi connectivity index (χ0n) is 9.66. The molecule has 17 heavy (non-hydrogen) atoms. The number of hydrogen-bond acceptors (Lipinski definition) is 3. The van der Waals surface area contributed by atoms with E-state index >= 15 is 0 Å². The van der Waals surface area contributed by atoms with E-state index in [1.54, 1.807) is 0 Å². The third-order valence-electron chi connectivity index (χ3n) is 3.01. The summed E-state index contributed by atoms with van der Waals surface area (Å²) in [6.45, 7) is 1.67. The molecular formula is C12H17N3O2. The molecule has 2 rings (SSSR count). The van der Waals surface area contributed by atoms with Gasteiger partial charge in [0.2, 0.25) is 0 Å². The summed E-state index contributed by atoms with van der Waals surface area (Å²) in [7, 11) is 0. The fourth-order valence-electron chi connectivity index (χ4n) is 2.05. The molecule has 1 aromatic heterocycles. The molecule has 1 fully saturated rings. The monoisotopic (exact) mass is 235 g/mol. The molecule has 0 aromatic carbocycles. The fraction of sp³-hybridized carbons (Fsp3) is 0.500. The van der Waals surface area contributed by atoms with Gasteiger partial charge in [-0.2, -0.15) is 0 Å². The molecule has 1 saturated heterocycles. The number of aromatic nitrogens is 1. The smallest absolute Gasteiger partial charge is 0.256 e. The zero-order chi connectivity index (χ0) is 12.1. The molecule has 2 heterocycles. The number of hydrogen-bond donors (Lipinski definition) is 3. The van der Waals surface area contributed by atoms with Gasteiger partial charge in [0.25, 0.3) is 5.91 Å². The number of rotatable bonds is 4. The Balaban J connectivity index is 1.81. The highest BCUT2D eigenvalue weighted by molar-refractivity contribution is 5.93. The Morgan fingerprint density at radius 3 is 3.12 bits per heavy atom. The van der Waals surface area contributed by atoms with Crippen molar-refractivity contribution in [3.63, 3.8) is 0 Å². The van der Waals surface area contributed by atoms with Gasteiger partial charge in [-0.3, -0.25) is 9.59 Å². The van der Waals surface area contributed by atoms with Crippen molar-refractivity contribution in [2.24, 2.45) is 0 Å². The molecule has 0 unspecified atom stereocenters. The normalized spacial score (nSPS) is 19.2. The molecule has 1 amide bonds. The SMILES string of the molecule is O=C(NCC[C@H]1CCCN1)c1c[nH]ccc1=O. The second kappa shape index (κ2) is 5.63. The quantitative estimate of drug-likeness (QED) is 0.700. The Kier molecular flexibility index (Phi) is 3.93. The average Bonchev–Trinajstić information content (AvgIpc) is 2.82. The third-order valence-corrected chi connectivity index (χ3v) is 3.01. The van der Waals surface area contributed by atoms with E-state index in [1.165, 1.54) is 31.3 Å². The predicted molar refractivity (Wildman–Crippen MR) is 65.0 cm³/mol. The minimum absolute atomic E-state index is 0.173. The van der Waals surface area contributed by atoms with E-state index in [0.29, 0.717) is 12.6 Å². The van der Waals surface area contributed by atoms with E-state index in [0.717, 1.165) is 13.0 Å². The Morgan fingerprint density at radius 2 is 2.41 bits per heavy atom. The maximum absolute atomic E-state index is 11.7. The highest BCUT2D eigenvalue weighted by atomic mass is 16.2. The Bertz CT molecular complexity index is 435. The van der Waals surface area contributed by atoms with Gasteiger partial charge in [-0.25, -0.2) is 0 Å². The molecule has 0 radical (unpaired) electrons. The molecular weight excluding hydrogens is 218 g/mol. The van der Waals surface area contributed by atoms with E-state index in [1.807, 2.05) is 0 Å². The maximum Gasteiger partial charge on any atom is 0.256 e. The Morgan fingerprint density at radius 1 is 1.53 bits per heavy atom. The minimum atomic E-state index is -0.301. The number of pyridine rings is 1. The van der Waals surface area contributed by atoms with Crippen LogP contribution >= 0.6 is 0 Å². The van der Waals surface area contributed by atoms with Crippen LogP contribution in [0.15, 0.2) is 23.3 Å². The number of nitrogens with one attached hydrogen (secondary N) is 3. The van der Waals surface area contributed by atoms with Crippen LogP contribution in [0.25, 0.3) is 0 Å². The van der Waals surface area contributed by atoms with Crippen LogP contribution in [0.4, 0.5) is 0 Å². The molecule has 0 saturated carbocycles. The first-order valence-electron chi connectivity index (χ1n) is 5.96. The molecule has 1 aromatic rings. The van der Waals surface area contributed by atoms with Crippen LogP contribution in [-0.4, -0.2) is 30.0 Å². The third kappa shape index (κ3) is 3.17. The van der Waals surface area contributed by atoms with Crippen LogP contribution in [-0.2, 0) is 0 Å². The van der Waals surface area contributed by atoms with Gasteiger partial charge >= 0.3 is 0 Å². The van der Waals surface area contributed by atoms with Gasteiger partial charge in [-0.05, 0) is 25.8 Å². The lowest BCUT2D eigenvalue weighted by atomic mass is 10.1. The van der Waals surface area contributed by atoms with Gasteiger partial charge in [-0.1, -0.05) is 0 Å². The molecule has 1 aliphatic heterocycles. The standard InChI is InChI=1S/C12H17N3O2/c16-11-4-6-13-8-10(11)12(17)15-7-3-9-2-1-5-14-9/h4,6,8-9,14H,1-3,5,7H2,(H,13,16)(H,15,17)/t9-/m1/s1. The van der Waals surface area contributed by atoms with Gasteiger partial charge in [0.05, 0.1) is 0 Å². The summed E-state index contributed by atoms with van der Waals surface area (Å²) in [5, 5.41) is 6.13. The number of carbonyl (C=O) groups is 1. The largest absolute Gasteiger partial charge is 0.367 e. The van der Waals surface area contributed by atoms with Gasteiger partial charge in [0.15, 0.2) is 5.43 Å². The zero-order valence-corrected chi connectivity index (χ0v) is 9.66. The molecule has 5 nitrogen and oxygen atoms in total. The average molecular weight is 235 g/mol. The summed E-state index contributed by atoms with van der Waals surface area (Å²) in [4.78, 5) is 25.8. The lowest BCUT2D eigenvalue weighted by Gasteiger charge is -2.10. The van der Waals surface area contributed by atoms with Crippen LogP contribution in [0, 0.1) is 0 Å². The van der Waals surface area contributed by atoms with Crippen molar-refractivity contribution in [2.45, 2.75) is 25.3 Å². The number of H-pyrrole nitrogens is 1. The summed E-state index contributed by atoms with van der Waals surface area (Å²) in [6.07, 6.45) is 6.24. The van der Waals surface area contributed by atoms with Crippen molar-refractivity contribution in [1.82, 2.24) is 15.6 Å². The summed E-state index contributed by atoms with van der Waals surface area (Å²) < 4.78 is 0. The predicted octanol–water partition coefficient (Wildman–Crippen LogP) is 0.247. The van der Waals surface area contributed by atoms with E-state index in [2.05, 4.69) is 15.6 Å². The number of aromatic amines is 1. The second-order valence-corrected chi connectivity index (χ2v) is 4.26. The van der Waals surface area contributed by atoms with Crippen LogP contribution in [0.3, 0.4) is 0 Å². The van der Waals surface area contributed by atoms with Gasteiger partial charge < -0.3 is 15.6 Å².